The minimum absolute atomic E-state index is 0.113. The molecular weight excluding hydrogens is 519 g/mol. The molecule has 1 saturated heterocycles. The minimum atomic E-state index is -5.17. The molecule has 196 valence electrons. The van der Waals surface area contributed by atoms with Gasteiger partial charge in [0, 0.05) is 6.07 Å². The largest absolute Gasteiger partial charge is 0.573 e. The van der Waals surface area contributed by atoms with Crippen LogP contribution in [0.1, 0.15) is 35.3 Å². The monoisotopic (exact) mass is 532 g/mol. The van der Waals surface area contributed by atoms with Gasteiger partial charge in [0.15, 0.2) is 0 Å². The predicted molar refractivity (Wildman–Crippen MR) is 100 cm³/mol. The van der Waals surface area contributed by atoms with Crippen LogP contribution in [-0.4, -0.2) is 28.3 Å². The molecule has 0 N–H and O–H groups in total. The summed E-state index contributed by atoms with van der Waals surface area (Å²) >= 11 is 0. The standard InChI is InChI=1S/C20H13F9N2O5/c1-9-16(10-4-12(18(21,22)23)7-13(5-10)19(24,25)26)35-17(32)30(9)8-11-6-14(36-20(27,28)29)2-3-15(11)31(33)34/h2-7,9,16H,8H2,1H3/t9-,16-/m0/s1. The summed E-state index contributed by atoms with van der Waals surface area (Å²) < 4.78 is 125. The van der Waals surface area contributed by atoms with Crippen molar-refractivity contribution in [1.82, 2.24) is 4.90 Å². The number of hydrogen-bond acceptors (Lipinski definition) is 5. The van der Waals surface area contributed by atoms with Gasteiger partial charge in [-0.2, -0.15) is 26.3 Å². The predicted octanol–water partition coefficient (Wildman–Crippen LogP) is 6.61. The molecule has 0 unspecified atom stereocenters. The molecule has 0 aliphatic carbocycles. The van der Waals surface area contributed by atoms with Crippen molar-refractivity contribution in [2.45, 2.75) is 44.3 Å². The first kappa shape index (κ1) is 26.9. The molecule has 1 amide bonds. The van der Waals surface area contributed by atoms with Crippen molar-refractivity contribution in [2.75, 3.05) is 0 Å². The highest BCUT2D eigenvalue weighted by atomic mass is 19.4. The van der Waals surface area contributed by atoms with E-state index in [1.165, 1.54) is 6.92 Å². The molecule has 2 aromatic rings. The van der Waals surface area contributed by atoms with Crippen LogP contribution in [-0.2, 0) is 23.6 Å². The lowest BCUT2D eigenvalue weighted by molar-refractivity contribution is -0.385. The number of cyclic esters (lactones) is 1. The van der Waals surface area contributed by atoms with Gasteiger partial charge in [-0.1, -0.05) is 0 Å². The summed E-state index contributed by atoms with van der Waals surface area (Å²) in [6.45, 7) is 0.429. The number of carbonyl (C=O) groups excluding carboxylic acids is 1. The maximum atomic E-state index is 13.2. The summed E-state index contributed by atoms with van der Waals surface area (Å²) in [4.78, 5) is 23.5. The molecule has 0 saturated carbocycles. The molecule has 1 aliphatic rings. The van der Waals surface area contributed by atoms with E-state index in [0.29, 0.717) is 30.3 Å². The maximum absolute atomic E-state index is 13.2. The van der Waals surface area contributed by atoms with Gasteiger partial charge in [-0.25, -0.2) is 4.79 Å². The highest BCUT2D eigenvalue weighted by molar-refractivity contribution is 5.71. The quantitative estimate of drug-likeness (QED) is 0.246. The first-order valence-electron chi connectivity index (χ1n) is 9.66. The normalized spacial score (nSPS) is 18.8. The lowest BCUT2D eigenvalue weighted by atomic mass is 9.97. The first-order chi connectivity index (χ1) is 16.4. The Balaban J connectivity index is 1.98. The van der Waals surface area contributed by atoms with Gasteiger partial charge >= 0.3 is 24.8 Å². The molecule has 3 rings (SSSR count). The number of carbonyl (C=O) groups is 1. The zero-order chi connectivity index (χ0) is 27.2. The Morgan fingerprint density at radius 2 is 1.53 bits per heavy atom. The number of amides is 1. The minimum Gasteiger partial charge on any atom is -0.439 e. The van der Waals surface area contributed by atoms with E-state index in [-0.39, 0.29) is 6.07 Å². The molecular formula is C20H13F9N2O5. The fraction of sp³-hybridized carbons (Fsp3) is 0.350. The molecule has 7 nitrogen and oxygen atoms in total. The Morgan fingerprint density at radius 1 is 0.972 bits per heavy atom. The third-order valence-electron chi connectivity index (χ3n) is 5.15. The van der Waals surface area contributed by atoms with Gasteiger partial charge in [-0.15, -0.1) is 13.2 Å². The van der Waals surface area contributed by atoms with Gasteiger partial charge in [0.05, 0.1) is 34.2 Å². The lowest BCUT2D eigenvalue weighted by Crippen LogP contribution is -2.31. The number of benzene rings is 2. The molecule has 1 fully saturated rings. The van der Waals surface area contributed by atoms with Crippen molar-refractivity contribution in [3.63, 3.8) is 0 Å². The molecule has 1 aliphatic heterocycles. The van der Waals surface area contributed by atoms with Crippen LogP contribution in [0.5, 0.6) is 5.75 Å². The van der Waals surface area contributed by atoms with Crippen molar-refractivity contribution in [3.8, 4) is 5.75 Å². The molecule has 36 heavy (non-hydrogen) atoms. The molecule has 0 radical (unpaired) electrons. The summed E-state index contributed by atoms with van der Waals surface area (Å²) in [6, 6.07) is 1.33. The van der Waals surface area contributed by atoms with Gasteiger partial charge in [0.25, 0.3) is 5.69 Å². The van der Waals surface area contributed by atoms with Gasteiger partial charge < -0.3 is 9.47 Å². The number of hydrogen-bond donors (Lipinski definition) is 0. The number of alkyl halides is 9. The summed E-state index contributed by atoms with van der Waals surface area (Å²) in [5, 5.41) is 11.3. The van der Waals surface area contributed by atoms with Crippen molar-refractivity contribution in [2.24, 2.45) is 0 Å². The topological polar surface area (TPSA) is 81.9 Å². The molecule has 16 heteroatoms. The van der Waals surface area contributed by atoms with Crippen LogP contribution >= 0.6 is 0 Å². The molecule has 0 spiro atoms. The van der Waals surface area contributed by atoms with Gasteiger partial charge in [-0.05, 0) is 42.8 Å². The Kier molecular flexibility index (Phi) is 6.76. The van der Waals surface area contributed by atoms with Crippen LogP contribution < -0.4 is 4.74 Å². The van der Waals surface area contributed by atoms with E-state index in [0.717, 1.165) is 4.90 Å². The van der Waals surface area contributed by atoms with Crippen LogP contribution in [0.2, 0.25) is 0 Å². The van der Waals surface area contributed by atoms with Crippen LogP contribution in [0.4, 0.5) is 50.0 Å². The summed E-state index contributed by atoms with van der Waals surface area (Å²) in [5.74, 6) is -0.854. The smallest absolute Gasteiger partial charge is 0.439 e. The average molecular weight is 532 g/mol. The highest BCUT2D eigenvalue weighted by Crippen LogP contribution is 2.41. The maximum Gasteiger partial charge on any atom is 0.573 e. The number of rotatable bonds is 5. The van der Waals surface area contributed by atoms with E-state index in [2.05, 4.69) is 4.74 Å². The Morgan fingerprint density at radius 3 is 2.00 bits per heavy atom. The summed E-state index contributed by atoms with van der Waals surface area (Å²) in [6.07, 6.45) is -18.4. The highest BCUT2D eigenvalue weighted by Gasteiger charge is 2.44. The van der Waals surface area contributed by atoms with E-state index >= 15 is 0 Å². The van der Waals surface area contributed by atoms with E-state index in [4.69, 9.17) is 4.74 Å². The Hall–Kier alpha value is -3.72. The van der Waals surface area contributed by atoms with Crippen molar-refractivity contribution < 1.29 is 58.7 Å². The number of nitrogens with zero attached hydrogens (tertiary/aromatic N) is 2. The van der Waals surface area contributed by atoms with Gasteiger partial charge in [0.2, 0.25) is 0 Å². The molecule has 1 heterocycles. The van der Waals surface area contributed by atoms with E-state index < -0.39 is 82.1 Å². The van der Waals surface area contributed by atoms with Crippen LogP contribution in [0.15, 0.2) is 36.4 Å². The Bertz CT molecular complexity index is 1150. The number of ether oxygens (including phenoxy) is 2. The Labute approximate surface area is 195 Å². The third kappa shape index (κ3) is 5.91. The average Bonchev–Trinajstić information content (AvgIpc) is 2.99. The van der Waals surface area contributed by atoms with Crippen LogP contribution in [0.3, 0.4) is 0 Å². The van der Waals surface area contributed by atoms with E-state index in [1.807, 2.05) is 0 Å². The van der Waals surface area contributed by atoms with Crippen LogP contribution in [0, 0.1) is 10.1 Å². The van der Waals surface area contributed by atoms with Gasteiger partial charge in [-0.3, -0.25) is 15.0 Å². The van der Waals surface area contributed by atoms with Crippen LogP contribution in [0.25, 0.3) is 0 Å². The van der Waals surface area contributed by atoms with Gasteiger partial charge in [0.1, 0.15) is 11.9 Å². The van der Waals surface area contributed by atoms with Crippen molar-refractivity contribution in [1.29, 1.82) is 0 Å². The number of nitro groups is 1. The second kappa shape index (κ2) is 9.05. The van der Waals surface area contributed by atoms with Crippen molar-refractivity contribution in [3.05, 3.63) is 68.8 Å². The lowest BCUT2D eigenvalue weighted by Gasteiger charge is -2.22. The fourth-order valence-electron chi connectivity index (χ4n) is 3.55. The molecule has 0 bridgehead atoms. The summed E-state index contributed by atoms with van der Waals surface area (Å²) in [5.41, 5.74) is -5.12. The first-order valence-corrected chi connectivity index (χ1v) is 9.66. The third-order valence-corrected chi connectivity index (χ3v) is 5.15. The van der Waals surface area contributed by atoms with E-state index in [9.17, 15) is 54.4 Å². The zero-order valence-electron chi connectivity index (χ0n) is 17.7. The fourth-order valence-corrected chi connectivity index (χ4v) is 3.55. The second-order valence-electron chi connectivity index (χ2n) is 7.61. The summed E-state index contributed by atoms with van der Waals surface area (Å²) in [7, 11) is 0. The molecule has 2 aromatic carbocycles. The second-order valence-corrected chi connectivity index (χ2v) is 7.61. The van der Waals surface area contributed by atoms with E-state index in [1.54, 1.807) is 0 Å². The number of halogens is 9. The zero-order valence-corrected chi connectivity index (χ0v) is 17.7. The number of nitro benzene ring substituents is 1. The SMILES string of the molecule is C[C@H]1[C@@H](c2cc(C(F)(F)F)cc(C(F)(F)F)c2)OC(=O)N1Cc1cc(OC(F)(F)F)ccc1[N+](=O)[O-]. The molecule has 2 atom stereocenters. The molecule has 0 aromatic heterocycles. The van der Waals surface area contributed by atoms with Crippen molar-refractivity contribution >= 4 is 11.8 Å².